The van der Waals surface area contributed by atoms with Gasteiger partial charge >= 0.3 is 25.8 Å². The number of hydrogen-bond donors (Lipinski definition) is 0. The molecular weight excluding hydrogens is 445 g/mol. The van der Waals surface area contributed by atoms with Crippen LogP contribution in [0, 0.1) is 22.3 Å². The largest absolute Gasteiger partial charge is 4.00 e. The van der Waals surface area contributed by atoms with Crippen molar-refractivity contribution >= 4 is 0 Å². The van der Waals surface area contributed by atoms with Crippen LogP contribution in [0.1, 0.15) is 38.5 Å². The summed E-state index contributed by atoms with van der Waals surface area (Å²) in [6.45, 7) is 0. The quantitative estimate of drug-likeness (QED) is 0.213. The van der Waals surface area contributed by atoms with Crippen LogP contribution in [0.5, 0.6) is 0 Å². The van der Waals surface area contributed by atoms with Gasteiger partial charge in [0.15, 0.2) is 0 Å². The summed E-state index contributed by atoms with van der Waals surface area (Å²) in [6.07, 6.45) is 17.0. The second kappa shape index (κ2) is 33.2. The average molecular weight is 482 g/mol. The number of hydrogen-bond acceptors (Lipinski definition) is 0. The number of benzene rings is 1. The van der Waals surface area contributed by atoms with Crippen LogP contribution in [0.15, 0.2) is 60.7 Å². The smallest absolute Gasteiger partial charge is 0.668 e. The van der Waals surface area contributed by atoms with Gasteiger partial charge in [0.2, 0.25) is 0 Å². The maximum atomic E-state index is 3.50. The Balaban J connectivity index is -0.0000000605. The molecule has 3 rings (SSSR count). The molecule has 0 saturated carbocycles. The van der Waals surface area contributed by atoms with Gasteiger partial charge < -0.3 is 27.6 Å². The van der Waals surface area contributed by atoms with E-state index in [1.54, 1.807) is 14.1 Å². The first-order chi connectivity index (χ1) is 9.41. The molecule has 0 radical (unpaired) electrons. The third-order valence-electron chi connectivity index (χ3n) is 2.48. The van der Waals surface area contributed by atoms with Crippen LogP contribution >= 0.6 is 0 Å². The zero-order valence-corrected chi connectivity index (χ0v) is 19.6. The molecule has 2 aliphatic rings. The van der Waals surface area contributed by atoms with Gasteiger partial charge in [-0.15, -0.1) is 0 Å². The average Bonchev–Trinajstić information content (AvgIpc) is 3.20. The zero-order valence-electron chi connectivity index (χ0n) is 16.0. The van der Waals surface area contributed by atoms with Gasteiger partial charge in [0, 0.05) is 0 Å². The van der Waals surface area contributed by atoms with E-state index in [0.717, 1.165) is 0 Å². The van der Waals surface area contributed by atoms with Crippen molar-refractivity contribution in [3.05, 3.63) is 88.3 Å². The van der Waals surface area contributed by atoms with E-state index in [1.165, 1.54) is 38.5 Å². The van der Waals surface area contributed by atoms with Gasteiger partial charge in [0.25, 0.3) is 0 Å². The fourth-order valence-corrected chi connectivity index (χ4v) is 1.56. The SMILES string of the molecule is C1=CCCC1.C1=CCCC1.C[N-]C.[CH3-].[CH3-].[CH3-].[Hf+4].c1ccccc1. The van der Waals surface area contributed by atoms with Crippen molar-refractivity contribution in [1.82, 2.24) is 0 Å². The third-order valence-corrected chi connectivity index (χ3v) is 2.48. The predicted molar refractivity (Wildman–Crippen MR) is 107 cm³/mol. The molecule has 130 valence electrons. The van der Waals surface area contributed by atoms with Crippen LogP contribution in [0.2, 0.25) is 0 Å². The maximum absolute atomic E-state index is 3.50. The van der Waals surface area contributed by atoms with E-state index >= 15 is 0 Å². The Bertz CT molecular complexity index is 252. The molecule has 0 bridgehead atoms. The zero-order chi connectivity index (χ0) is 14.0. The molecule has 0 N–H and O–H groups in total. The van der Waals surface area contributed by atoms with E-state index in [9.17, 15) is 0 Å². The summed E-state index contributed by atoms with van der Waals surface area (Å²) in [5, 5.41) is 3.50. The Morgan fingerprint density at radius 3 is 0.783 bits per heavy atom. The van der Waals surface area contributed by atoms with E-state index in [4.69, 9.17) is 0 Å². The first-order valence-corrected chi connectivity index (χ1v) is 7.19. The molecule has 1 aromatic rings. The molecule has 1 aromatic carbocycles. The van der Waals surface area contributed by atoms with E-state index in [1.807, 2.05) is 36.4 Å². The van der Waals surface area contributed by atoms with Crippen molar-refractivity contribution in [3.8, 4) is 0 Å². The normalized spacial score (nSPS) is 11.9. The Kier molecular flexibility index (Phi) is 49.1. The molecule has 0 aliphatic heterocycles. The van der Waals surface area contributed by atoms with Gasteiger partial charge in [-0.1, -0.05) is 60.7 Å². The van der Waals surface area contributed by atoms with Crippen LogP contribution in [0.3, 0.4) is 0 Å². The summed E-state index contributed by atoms with van der Waals surface area (Å²) in [5.74, 6) is 0. The number of nitrogens with zero attached hydrogens (tertiary/aromatic N) is 1. The molecule has 23 heavy (non-hydrogen) atoms. The Labute approximate surface area is 166 Å². The minimum atomic E-state index is 0. The standard InChI is InChI=1S/C6H6.2C5H8.C2H6N.3CH3.Hf/c1-2-4-6-5-3-1;2*1-2-4-5-3-1;1-3-2;;;;/h1-6H;2*1-2H,3-5H2;1-2H3;3*1H3;/q;;;4*-1;+4. The van der Waals surface area contributed by atoms with Crippen LogP contribution in [-0.4, -0.2) is 14.1 Å². The van der Waals surface area contributed by atoms with Gasteiger partial charge in [0.1, 0.15) is 0 Å². The predicted octanol–water partition coefficient (Wildman–Crippen LogP) is 7.11. The van der Waals surface area contributed by atoms with E-state index < -0.39 is 0 Å². The summed E-state index contributed by atoms with van der Waals surface area (Å²) in [5.41, 5.74) is 0. The topological polar surface area (TPSA) is 14.1 Å². The van der Waals surface area contributed by atoms with Gasteiger partial charge in [0.05, 0.1) is 0 Å². The summed E-state index contributed by atoms with van der Waals surface area (Å²) in [7, 11) is 3.50. The molecular formula is C21H37HfN. The van der Waals surface area contributed by atoms with Crippen molar-refractivity contribution < 1.29 is 25.8 Å². The maximum Gasteiger partial charge on any atom is 4.00 e. The van der Waals surface area contributed by atoms with Crippen molar-refractivity contribution in [2.45, 2.75) is 38.5 Å². The second-order valence-corrected chi connectivity index (χ2v) is 4.41. The Hall–Kier alpha value is -0.470. The number of allylic oxidation sites excluding steroid dienone is 4. The molecule has 1 nitrogen and oxygen atoms in total. The minimum absolute atomic E-state index is 0. The molecule has 0 fully saturated rings. The molecule has 2 heteroatoms. The van der Waals surface area contributed by atoms with Crippen molar-refractivity contribution in [1.29, 1.82) is 0 Å². The Morgan fingerprint density at radius 1 is 0.522 bits per heavy atom. The van der Waals surface area contributed by atoms with Crippen molar-refractivity contribution in [2.24, 2.45) is 0 Å². The first-order valence-electron chi connectivity index (χ1n) is 7.19. The summed E-state index contributed by atoms with van der Waals surface area (Å²) in [4.78, 5) is 0. The minimum Gasteiger partial charge on any atom is -0.668 e. The number of rotatable bonds is 0. The van der Waals surface area contributed by atoms with Gasteiger partial charge in [-0.25, -0.2) is 0 Å². The van der Waals surface area contributed by atoms with Crippen LogP contribution in [0.4, 0.5) is 0 Å². The monoisotopic (exact) mass is 483 g/mol. The molecule has 0 aromatic heterocycles. The fourth-order valence-electron chi connectivity index (χ4n) is 1.56. The van der Waals surface area contributed by atoms with Crippen LogP contribution in [-0.2, 0) is 25.8 Å². The summed E-state index contributed by atoms with van der Waals surface area (Å²) < 4.78 is 0. The van der Waals surface area contributed by atoms with E-state index in [0.29, 0.717) is 0 Å². The molecule has 0 spiro atoms. The van der Waals surface area contributed by atoms with Gasteiger partial charge in [-0.3, -0.25) is 0 Å². The molecule has 0 amide bonds. The molecule has 0 heterocycles. The molecule has 0 atom stereocenters. The molecule has 2 aliphatic carbocycles. The van der Waals surface area contributed by atoms with E-state index in [2.05, 4.69) is 29.6 Å². The first kappa shape index (κ1) is 34.0. The van der Waals surface area contributed by atoms with Crippen LogP contribution in [0.25, 0.3) is 5.32 Å². The van der Waals surface area contributed by atoms with E-state index in [-0.39, 0.29) is 48.1 Å². The summed E-state index contributed by atoms with van der Waals surface area (Å²) in [6, 6.07) is 12.0. The third kappa shape index (κ3) is 34.0. The Morgan fingerprint density at radius 2 is 0.696 bits per heavy atom. The van der Waals surface area contributed by atoms with Crippen molar-refractivity contribution in [2.75, 3.05) is 14.1 Å². The second-order valence-electron chi connectivity index (χ2n) is 4.41. The van der Waals surface area contributed by atoms with Gasteiger partial charge in [-0.2, -0.15) is 14.1 Å². The van der Waals surface area contributed by atoms with Crippen molar-refractivity contribution in [3.63, 3.8) is 0 Å². The van der Waals surface area contributed by atoms with Crippen LogP contribution < -0.4 is 0 Å². The fraction of sp³-hybridized carbons (Fsp3) is 0.381. The summed E-state index contributed by atoms with van der Waals surface area (Å²) >= 11 is 0. The molecule has 0 unspecified atom stereocenters. The van der Waals surface area contributed by atoms with Gasteiger partial charge in [-0.05, 0) is 38.5 Å². The molecule has 0 saturated heterocycles.